The Labute approximate surface area is 332 Å². The Morgan fingerprint density at radius 2 is 0.860 bits per heavy atom. The largest absolute Gasteiger partial charge is 0.497 e. The van der Waals surface area contributed by atoms with Crippen LogP contribution in [0.15, 0.2) is 175 Å². The molecule has 280 valence electrons. The quantitative estimate of drug-likeness (QED) is 0.135. The van der Waals surface area contributed by atoms with Gasteiger partial charge in [0.05, 0.1) is 24.8 Å². The van der Waals surface area contributed by atoms with Crippen molar-refractivity contribution >= 4 is 54.6 Å². The van der Waals surface area contributed by atoms with E-state index in [1.54, 1.807) is 25.9 Å². The summed E-state index contributed by atoms with van der Waals surface area (Å²) in [5.74, 6) is 5.92. The lowest BCUT2D eigenvalue weighted by Gasteiger charge is -2.27. The van der Waals surface area contributed by atoms with Gasteiger partial charge in [0.15, 0.2) is 0 Å². The lowest BCUT2D eigenvalue weighted by atomic mass is 10.0. The van der Waals surface area contributed by atoms with E-state index < -0.39 is 14.7 Å². The van der Waals surface area contributed by atoms with Gasteiger partial charge in [-0.25, -0.2) is 0 Å². The van der Waals surface area contributed by atoms with E-state index in [0.717, 1.165) is 50.4 Å². The van der Waals surface area contributed by atoms with E-state index in [1.807, 2.05) is 164 Å². The summed E-state index contributed by atoms with van der Waals surface area (Å²) in [6.45, 7) is 0. The van der Waals surface area contributed by atoms with Crippen LogP contribution in [0.4, 0.5) is 17.1 Å². The summed E-state index contributed by atoms with van der Waals surface area (Å²) in [5, 5.41) is 1.31. The molecule has 2 atom stereocenters. The third kappa shape index (κ3) is 6.86. The molecule has 7 aromatic rings. The van der Waals surface area contributed by atoms with Crippen molar-refractivity contribution in [3.05, 3.63) is 187 Å². The summed E-state index contributed by atoms with van der Waals surface area (Å²) in [4.78, 5) is 2.17. The van der Waals surface area contributed by atoms with Crippen molar-refractivity contribution < 1.29 is 27.7 Å². The predicted molar refractivity (Wildman–Crippen MR) is 232 cm³/mol. The van der Waals surface area contributed by atoms with Gasteiger partial charge in [0.2, 0.25) is 0 Å². The second kappa shape index (κ2) is 14.9. The number of hydrogen-bond donors (Lipinski definition) is 0. The van der Waals surface area contributed by atoms with Crippen molar-refractivity contribution in [3.63, 3.8) is 0 Å². The number of para-hydroxylation sites is 1. The van der Waals surface area contributed by atoms with Gasteiger partial charge in [-0.05, 0) is 119 Å². The van der Waals surface area contributed by atoms with E-state index in [4.69, 9.17) is 18.5 Å². The topological polar surface area (TPSA) is 74.3 Å². The first-order valence-corrected chi connectivity index (χ1v) is 21.8. The highest BCUT2D eigenvalue weighted by molar-refractivity contribution is 7.71. The molecule has 2 unspecified atom stereocenters. The lowest BCUT2D eigenvalue weighted by molar-refractivity contribution is 0.414. The van der Waals surface area contributed by atoms with Gasteiger partial charge in [-0.3, -0.25) is 9.13 Å². The average molecular weight is 786 g/mol. The molecule has 7 nitrogen and oxygen atoms in total. The fraction of sp³-hybridized carbons (Fsp3) is 0.0417. The minimum absolute atomic E-state index is 0.562. The highest BCUT2D eigenvalue weighted by Crippen LogP contribution is 2.57. The Hall–Kier alpha value is -6.52. The molecule has 0 radical (unpaired) electrons. The molecule has 0 aliphatic carbocycles. The maximum absolute atomic E-state index is 14.4. The van der Waals surface area contributed by atoms with Gasteiger partial charge in [0.1, 0.15) is 23.0 Å². The highest BCUT2D eigenvalue weighted by Gasteiger charge is 2.35. The molecule has 0 saturated carbocycles. The van der Waals surface area contributed by atoms with E-state index in [1.165, 1.54) is 0 Å². The van der Waals surface area contributed by atoms with Crippen LogP contribution < -0.4 is 34.0 Å². The molecule has 0 amide bonds. The maximum atomic E-state index is 14.4. The number of ether oxygens (including phenoxy) is 2. The van der Waals surface area contributed by atoms with Crippen molar-refractivity contribution in [1.82, 2.24) is 0 Å². The zero-order valence-corrected chi connectivity index (χ0v) is 33.0. The Bertz CT molecular complexity index is 2610. The van der Waals surface area contributed by atoms with Crippen molar-refractivity contribution in [3.8, 4) is 45.3 Å². The molecule has 2 aliphatic heterocycles. The van der Waals surface area contributed by atoms with E-state index in [-0.39, 0.29) is 0 Å². The van der Waals surface area contributed by atoms with Crippen LogP contribution in [0, 0.1) is 0 Å². The number of fused-ring (bicyclic) bond motifs is 6. The second-order valence-electron chi connectivity index (χ2n) is 13.6. The van der Waals surface area contributed by atoms with Gasteiger partial charge < -0.3 is 23.4 Å². The summed E-state index contributed by atoms with van der Waals surface area (Å²) in [6, 6.07) is 52.7. The zero-order chi connectivity index (χ0) is 39.0. The molecule has 0 spiro atoms. The number of methoxy groups -OCH3 is 2. The fourth-order valence-corrected chi connectivity index (χ4v) is 11.2. The van der Waals surface area contributed by atoms with Gasteiger partial charge in [-0.1, -0.05) is 78.9 Å². The minimum Gasteiger partial charge on any atom is -0.497 e. The van der Waals surface area contributed by atoms with Crippen LogP contribution >= 0.6 is 14.7 Å². The van der Waals surface area contributed by atoms with Crippen LogP contribution in [0.3, 0.4) is 0 Å². The molecule has 7 aromatic carbocycles. The van der Waals surface area contributed by atoms with E-state index in [9.17, 15) is 9.13 Å². The van der Waals surface area contributed by atoms with Gasteiger partial charge >= 0.3 is 0 Å². The summed E-state index contributed by atoms with van der Waals surface area (Å²) in [5.41, 5.74) is 8.09. The predicted octanol–water partition coefficient (Wildman–Crippen LogP) is 12.4. The molecule has 57 heavy (non-hydrogen) atoms. The summed E-state index contributed by atoms with van der Waals surface area (Å²) >= 11 is 0. The molecular formula is C48H37NO6P2. The maximum Gasteiger partial charge on any atom is 0.300 e. The van der Waals surface area contributed by atoms with Crippen LogP contribution in [0.25, 0.3) is 34.4 Å². The van der Waals surface area contributed by atoms with Crippen LogP contribution in [-0.2, 0) is 9.13 Å². The summed E-state index contributed by atoms with van der Waals surface area (Å²) in [7, 11) is -3.50. The molecule has 0 bridgehead atoms. The molecule has 0 fully saturated rings. The van der Waals surface area contributed by atoms with E-state index in [2.05, 4.69) is 17.0 Å². The zero-order valence-electron chi connectivity index (χ0n) is 31.2. The number of rotatable bonds is 9. The third-order valence-electron chi connectivity index (χ3n) is 10.1. The SMILES string of the molecule is COc1ccc2c(c1)-c1ccccc1P(=O)(/C=C/c1ccc(N(c3ccccc3)c3ccc(/C=C/P4(=O)Oc5ccc(OC)cc5-c5ccccc54)cc3)cc1)O2. The Kier molecular flexibility index (Phi) is 9.42. The van der Waals surface area contributed by atoms with E-state index in [0.29, 0.717) is 33.6 Å². The molecule has 2 heterocycles. The number of benzene rings is 7. The molecule has 9 heteroatoms. The van der Waals surface area contributed by atoms with Crippen LogP contribution in [0.1, 0.15) is 11.1 Å². The van der Waals surface area contributed by atoms with Crippen molar-refractivity contribution in [1.29, 1.82) is 0 Å². The first-order chi connectivity index (χ1) is 27.8. The molecule has 0 saturated heterocycles. The second-order valence-corrected chi connectivity index (χ2v) is 17.9. The smallest absolute Gasteiger partial charge is 0.300 e. The van der Waals surface area contributed by atoms with Gasteiger partial charge in [-0.2, -0.15) is 0 Å². The van der Waals surface area contributed by atoms with Crippen LogP contribution in [-0.4, -0.2) is 14.2 Å². The number of anilines is 3. The monoisotopic (exact) mass is 785 g/mol. The average Bonchev–Trinajstić information content (AvgIpc) is 3.26. The first-order valence-electron chi connectivity index (χ1n) is 18.4. The van der Waals surface area contributed by atoms with E-state index >= 15 is 0 Å². The standard InChI is InChI=1S/C48H37NO6P2/c1-52-39-24-26-45-43(32-39)41-12-6-8-14-47(41)56(50,54-45)30-28-34-16-20-37(21-17-34)49(36-10-4-3-5-11-36)38-22-18-35(19-23-38)29-31-57(51)48-15-9-7-13-42(48)44-33-40(53-2)25-27-46(44)55-57/h3-33H,1-2H3/b30-28+,31-29+. The summed E-state index contributed by atoms with van der Waals surface area (Å²) < 4.78 is 52.2. The fourth-order valence-electron chi connectivity index (χ4n) is 7.27. The third-order valence-corrected chi connectivity index (χ3v) is 14.3. The Balaban J connectivity index is 0.976. The van der Waals surface area contributed by atoms with Crippen LogP contribution in [0.5, 0.6) is 23.0 Å². The van der Waals surface area contributed by atoms with Crippen molar-refractivity contribution in [2.75, 3.05) is 19.1 Å². The normalized spacial score (nSPS) is 17.7. The van der Waals surface area contributed by atoms with Gasteiger partial charge in [-0.15, -0.1) is 0 Å². The lowest BCUT2D eigenvalue weighted by Crippen LogP contribution is -2.16. The van der Waals surface area contributed by atoms with Gasteiger partial charge in [0.25, 0.3) is 14.7 Å². The molecule has 0 N–H and O–H groups in total. The number of nitrogens with zero attached hydrogens (tertiary/aromatic N) is 1. The Morgan fingerprint density at radius 3 is 1.30 bits per heavy atom. The van der Waals surface area contributed by atoms with Crippen molar-refractivity contribution in [2.45, 2.75) is 0 Å². The molecule has 9 rings (SSSR count). The molecule has 2 aliphatic rings. The number of hydrogen-bond acceptors (Lipinski definition) is 7. The highest BCUT2D eigenvalue weighted by atomic mass is 31.2. The molecule has 0 aromatic heterocycles. The van der Waals surface area contributed by atoms with Crippen LogP contribution in [0.2, 0.25) is 0 Å². The molecular weight excluding hydrogens is 748 g/mol. The van der Waals surface area contributed by atoms with Crippen molar-refractivity contribution in [2.24, 2.45) is 0 Å². The summed E-state index contributed by atoms with van der Waals surface area (Å²) in [6.07, 6.45) is 3.72. The van der Waals surface area contributed by atoms with Gasteiger partial charge in [0, 0.05) is 39.8 Å². The minimum atomic E-state index is -3.38. The first kappa shape index (κ1) is 36.1. The Morgan fingerprint density at radius 1 is 0.456 bits per heavy atom.